The van der Waals surface area contributed by atoms with Gasteiger partial charge in [0.2, 0.25) is 0 Å². The number of phenols is 1. The molecule has 5 rings (SSSR count). The van der Waals surface area contributed by atoms with Crippen LogP contribution in [0.25, 0.3) is 11.3 Å². The normalized spacial score (nSPS) is 14.8. The third-order valence-corrected chi connectivity index (χ3v) is 6.72. The van der Waals surface area contributed by atoms with Crippen molar-refractivity contribution in [2.75, 3.05) is 14.2 Å². The van der Waals surface area contributed by atoms with Crippen molar-refractivity contribution in [3.05, 3.63) is 93.6 Å². The minimum Gasteiger partial charge on any atom is -0.507 e. The number of carbonyl (C=O) groups excluding carboxylic acids is 1. The summed E-state index contributed by atoms with van der Waals surface area (Å²) in [6.07, 6.45) is 0. The van der Waals surface area contributed by atoms with E-state index in [0.29, 0.717) is 45.6 Å². The monoisotopic (exact) mass is 489 g/mol. The quantitative estimate of drug-likeness (QED) is 0.373. The molecule has 178 valence electrons. The third kappa shape index (κ3) is 3.88. The van der Waals surface area contributed by atoms with Gasteiger partial charge in [0.05, 0.1) is 20.3 Å². The van der Waals surface area contributed by atoms with Gasteiger partial charge in [-0.3, -0.25) is 9.89 Å². The maximum Gasteiger partial charge on any atom is 0.273 e. The van der Waals surface area contributed by atoms with Gasteiger partial charge < -0.3 is 19.5 Å². The molecular weight excluding hydrogens is 466 g/mol. The standard InChI is InChI=1S/C27H24ClN3O4/c1-15-11-20(32)18(13-19(15)28)24-23-25(30-29-24)27(33)31(14-16-7-5-4-6-8-16)26(23)17-9-10-21(34-2)22(12-17)35-3/h4-13,26,32H,14H2,1-3H3,(H,29,30). The third-order valence-electron chi connectivity index (χ3n) is 6.31. The molecule has 4 aromatic rings. The number of ether oxygens (including phenoxy) is 2. The van der Waals surface area contributed by atoms with Crippen LogP contribution < -0.4 is 9.47 Å². The SMILES string of the molecule is COc1ccc(C2c3c(-c4cc(Cl)c(C)cc4O)n[nH]c3C(=O)N2Cc2ccccc2)cc1OC. The van der Waals surface area contributed by atoms with Crippen molar-refractivity contribution in [3.8, 4) is 28.5 Å². The average Bonchev–Trinajstić information content (AvgIpc) is 3.40. The van der Waals surface area contributed by atoms with Crippen LogP contribution in [0.2, 0.25) is 5.02 Å². The Morgan fingerprint density at radius 3 is 2.51 bits per heavy atom. The number of nitrogens with one attached hydrogen (secondary N) is 1. The number of rotatable bonds is 6. The number of amides is 1. The van der Waals surface area contributed by atoms with Crippen molar-refractivity contribution in [1.29, 1.82) is 0 Å². The van der Waals surface area contributed by atoms with Crippen LogP contribution in [0.1, 0.15) is 38.8 Å². The van der Waals surface area contributed by atoms with Gasteiger partial charge in [0, 0.05) is 22.7 Å². The van der Waals surface area contributed by atoms with Crippen molar-refractivity contribution < 1.29 is 19.4 Å². The van der Waals surface area contributed by atoms with E-state index < -0.39 is 6.04 Å². The average molecular weight is 490 g/mol. The number of carbonyl (C=O) groups is 1. The lowest BCUT2D eigenvalue weighted by molar-refractivity contribution is 0.0730. The van der Waals surface area contributed by atoms with Gasteiger partial charge >= 0.3 is 0 Å². The summed E-state index contributed by atoms with van der Waals surface area (Å²) in [4.78, 5) is 15.4. The van der Waals surface area contributed by atoms with E-state index in [1.807, 2.05) is 55.5 Å². The number of hydrogen-bond acceptors (Lipinski definition) is 5. The van der Waals surface area contributed by atoms with Gasteiger partial charge in [-0.2, -0.15) is 5.10 Å². The summed E-state index contributed by atoms with van der Waals surface area (Å²) >= 11 is 6.39. The molecule has 3 aromatic carbocycles. The number of fused-ring (bicyclic) bond motifs is 1. The van der Waals surface area contributed by atoms with Crippen molar-refractivity contribution >= 4 is 17.5 Å². The summed E-state index contributed by atoms with van der Waals surface area (Å²) in [5.41, 5.74) is 4.55. The Morgan fingerprint density at radius 2 is 1.80 bits per heavy atom. The van der Waals surface area contributed by atoms with Crippen LogP contribution in [0, 0.1) is 6.92 Å². The summed E-state index contributed by atoms with van der Waals surface area (Å²) in [5, 5.41) is 18.6. The molecule has 1 unspecified atom stereocenters. The largest absolute Gasteiger partial charge is 0.507 e. The smallest absolute Gasteiger partial charge is 0.273 e. The molecule has 0 spiro atoms. The predicted molar refractivity (Wildman–Crippen MR) is 133 cm³/mol. The molecule has 0 saturated carbocycles. The summed E-state index contributed by atoms with van der Waals surface area (Å²) in [6, 6.07) is 18.2. The predicted octanol–water partition coefficient (Wildman–Crippen LogP) is 5.51. The van der Waals surface area contributed by atoms with Crippen molar-refractivity contribution in [2.45, 2.75) is 19.5 Å². The Labute approximate surface area is 207 Å². The Balaban J connectivity index is 1.70. The minimum atomic E-state index is -0.481. The highest BCUT2D eigenvalue weighted by Crippen LogP contribution is 2.47. The molecule has 1 aliphatic rings. The molecule has 0 aliphatic carbocycles. The van der Waals surface area contributed by atoms with Crippen molar-refractivity contribution in [2.24, 2.45) is 0 Å². The Hall–Kier alpha value is -3.97. The van der Waals surface area contributed by atoms with Gasteiger partial charge in [-0.15, -0.1) is 0 Å². The number of halogens is 1. The molecule has 7 nitrogen and oxygen atoms in total. The lowest BCUT2D eigenvalue weighted by Crippen LogP contribution is -2.29. The molecule has 0 bridgehead atoms. The fraction of sp³-hybridized carbons (Fsp3) is 0.185. The Bertz CT molecular complexity index is 1420. The first-order valence-electron chi connectivity index (χ1n) is 11.1. The number of aryl methyl sites for hydroxylation is 1. The van der Waals surface area contributed by atoms with E-state index >= 15 is 0 Å². The number of benzene rings is 3. The highest BCUT2D eigenvalue weighted by atomic mass is 35.5. The number of nitrogens with zero attached hydrogens (tertiary/aromatic N) is 2. The molecule has 2 heterocycles. The minimum absolute atomic E-state index is 0.0428. The topological polar surface area (TPSA) is 87.7 Å². The van der Waals surface area contributed by atoms with Gasteiger partial charge in [0.15, 0.2) is 11.5 Å². The van der Waals surface area contributed by atoms with E-state index in [4.69, 9.17) is 21.1 Å². The summed E-state index contributed by atoms with van der Waals surface area (Å²) < 4.78 is 11.0. The number of aromatic amines is 1. The summed E-state index contributed by atoms with van der Waals surface area (Å²) in [6.45, 7) is 2.21. The molecule has 0 fully saturated rings. The number of phenolic OH excluding ortho intramolecular Hbond substituents is 1. The Morgan fingerprint density at radius 1 is 1.06 bits per heavy atom. The molecule has 35 heavy (non-hydrogen) atoms. The maximum atomic E-state index is 13.6. The van der Waals surface area contributed by atoms with Gasteiger partial charge in [-0.05, 0) is 47.9 Å². The lowest BCUT2D eigenvalue weighted by atomic mass is 9.94. The van der Waals surface area contributed by atoms with E-state index in [9.17, 15) is 9.90 Å². The number of aromatic nitrogens is 2. The second kappa shape index (κ2) is 9.00. The first kappa shape index (κ1) is 22.8. The maximum absolute atomic E-state index is 13.6. The molecular formula is C27H24ClN3O4. The van der Waals surface area contributed by atoms with E-state index in [2.05, 4.69) is 10.2 Å². The lowest BCUT2D eigenvalue weighted by Gasteiger charge is -2.27. The van der Waals surface area contributed by atoms with Gasteiger partial charge in [-0.25, -0.2) is 0 Å². The summed E-state index contributed by atoms with van der Waals surface area (Å²) in [7, 11) is 3.15. The van der Waals surface area contributed by atoms with Crippen LogP contribution in [0.15, 0.2) is 60.7 Å². The van der Waals surface area contributed by atoms with E-state index in [0.717, 1.165) is 16.7 Å². The second-order valence-electron chi connectivity index (χ2n) is 8.42. The van der Waals surface area contributed by atoms with Gasteiger partial charge in [-0.1, -0.05) is 48.0 Å². The number of aromatic hydroxyl groups is 1. The number of methoxy groups -OCH3 is 2. The fourth-order valence-electron chi connectivity index (χ4n) is 4.57. The van der Waals surface area contributed by atoms with Crippen molar-refractivity contribution in [1.82, 2.24) is 15.1 Å². The zero-order valence-electron chi connectivity index (χ0n) is 19.5. The van der Waals surface area contributed by atoms with Crippen LogP contribution in [-0.4, -0.2) is 40.3 Å². The number of H-pyrrole nitrogens is 1. The zero-order chi connectivity index (χ0) is 24.7. The van der Waals surface area contributed by atoms with Crippen LogP contribution in [0.5, 0.6) is 17.2 Å². The molecule has 1 aromatic heterocycles. The highest BCUT2D eigenvalue weighted by Gasteiger charge is 2.42. The zero-order valence-corrected chi connectivity index (χ0v) is 20.3. The first-order valence-corrected chi connectivity index (χ1v) is 11.4. The molecule has 1 atom stereocenters. The van der Waals surface area contributed by atoms with Crippen LogP contribution in [0.3, 0.4) is 0 Å². The summed E-state index contributed by atoms with van der Waals surface area (Å²) in [5.74, 6) is 1.00. The molecule has 0 radical (unpaired) electrons. The molecule has 0 saturated heterocycles. The van der Waals surface area contributed by atoms with Gasteiger partial charge in [0.25, 0.3) is 5.91 Å². The molecule has 1 aliphatic heterocycles. The second-order valence-corrected chi connectivity index (χ2v) is 8.82. The highest BCUT2D eigenvalue weighted by molar-refractivity contribution is 6.31. The van der Waals surface area contributed by atoms with Crippen LogP contribution in [-0.2, 0) is 6.54 Å². The van der Waals surface area contributed by atoms with E-state index in [-0.39, 0.29) is 11.7 Å². The number of hydrogen-bond donors (Lipinski definition) is 2. The van der Waals surface area contributed by atoms with Gasteiger partial charge in [0.1, 0.15) is 17.1 Å². The van der Waals surface area contributed by atoms with E-state index in [1.165, 1.54) is 0 Å². The van der Waals surface area contributed by atoms with Crippen molar-refractivity contribution in [3.63, 3.8) is 0 Å². The Kier molecular flexibility index (Phi) is 5.86. The fourth-order valence-corrected chi connectivity index (χ4v) is 4.73. The molecule has 2 N–H and O–H groups in total. The van der Waals surface area contributed by atoms with Crippen LogP contribution >= 0.6 is 11.6 Å². The molecule has 1 amide bonds. The first-order chi connectivity index (χ1) is 16.9. The van der Waals surface area contributed by atoms with Crippen LogP contribution in [0.4, 0.5) is 0 Å². The molecule has 8 heteroatoms. The van der Waals surface area contributed by atoms with E-state index in [1.54, 1.807) is 31.3 Å².